The molecule has 1 saturated carbocycles. The fourth-order valence-electron chi connectivity index (χ4n) is 5.78. The molecule has 27 heavy (non-hydrogen) atoms. The maximum atomic E-state index is 13.0. The first-order chi connectivity index (χ1) is 12.8. The summed E-state index contributed by atoms with van der Waals surface area (Å²) >= 11 is 0. The lowest BCUT2D eigenvalue weighted by molar-refractivity contribution is -0.151. The van der Waals surface area contributed by atoms with Gasteiger partial charge in [0.1, 0.15) is 6.10 Å². The fourth-order valence-corrected chi connectivity index (χ4v) is 5.78. The molecular formula is C21H26O6. The zero-order chi connectivity index (χ0) is 19.1. The summed E-state index contributed by atoms with van der Waals surface area (Å²) in [6.07, 6.45) is -0.340. The lowest BCUT2D eigenvalue weighted by Crippen LogP contribution is -2.56. The Labute approximate surface area is 158 Å². The largest absolute Gasteiger partial charge is 0.454 e. The smallest absolute Gasteiger partial charge is 0.231 e. The molecule has 1 aromatic carbocycles. The predicted octanol–water partition coefficient (Wildman–Crippen LogP) is 2.87. The third-order valence-corrected chi connectivity index (χ3v) is 6.86. The molecule has 2 fully saturated rings. The van der Waals surface area contributed by atoms with Crippen molar-refractivity contribution in [2.75, 3.05) is 6.79 Å². The van der Waals surface area contributed by atoms with Gasteiger partial charge >= 0.3 is 0 Å². The van der Waals surface area contributed by atoms with E-state index in [9.17, 15) is 9.90 Å². The van der Waals surface area contributed by atoms with E-state index in [0.717, 1.165) is 12.0 Å². The second-order valence-electron chi connectivity index (χ2n) is 8.70. The van der Waals surface area contributed by atoms with E-state index in [1.54, 1.807) is 6.07 Å². The normalized spacial score (nSPS) is 41.1. The molecule has 0 amide bonds. The van der Waals surface area contributed by atoms with Gasteiger partial charge in [-0.2, -0.15) is 0 Å². The van der Waals surface area contributed by atoms with E-state index in [2.05, 4.69) is 13.8 Å². The van der Waals surface area contributed by atoms with Crippen molar-refractivity contribution in [2.45, 2.75) is 64.1 Å². The third kappa shape index (κ3) is 2.33. The van der Waals surface area contributed by atoms with Gasteiger partial charge in [-0.3, -0.25) is 4.79 Å². The number of aliphatic hydroxyl groups excluding tert-OH is 1. The molecule has 7 atom stereocenters. The van der Waals surface area contributed by atoms with Crippen molar-refractivity contribution >= 4 is 5.78 Å². The molecule has 0 bridgehead atoms. The van der Waals surface area contributed by atoms with E-state index < -0.39 is 11.9 Å². The van der Waals surface area contributed by atoms with Gasteiger partial charge in [0.05, 0.1) is 12.2 Å². The number of benzene rings is 1. The van der Waals surface area contributed by atoms with Crippen LogP contribution in [0.25, 0.3) is 0 Å². The number of fused-ring (bicyclic) bond motifs is 5. The number of hydrogen-bond acceptors (Lipinski definition) is 6. The highest BCUT2D eigenvalue weighted by Gasteiger charge is 2.60. The van der Waals surface area contributed by atoms with Crippen molar-refractivity contribution in [1.82, 2.24) is 0 Å². The standard InChI is InChI=1S/C21H26O6/c1-5-10-16-11-6-13-14(25-8-24-13)7-12(11)17(22)18(23)15(16)9(2)19-20(10)27-21(3,4)26-19/h6-7,9-10,15-16,18-20,23H,5,8H2,1-4H3. The maximum absolute atomic E-state index is 13.0. The average Bonchev–Trinajstić information content (AvgIpc) is 3.21. The van der Waals surface area contributed by atoms with E-state index in [1.807, 2.05) is 19.9 Å². The van der Waals surface area contributed by atoms with Crippen molar-refractivity contribution in [3.8, 4) is 11.5 Å². The summed E-state index contributed by atoms with van der Waals surface area (Å²) in [6, 6.07) is 3.68. The van der Waals surface area contributed by atoms with Crippen molar-refractivity contribution in [1.29, 1.82) is 0 Å². The van der Waals surface area contributed by atoms with Gasteiger partial charge in [-0.15, -0.1) is 0 Å². The van der Waals surface area contributed by atoms with Gasteiger partial charge in [-0.05, 0) is 49.3 Å². The summed E-state index contributed by atoms with van der Waals surface area (Å²) in [5, 5.41) is 11.0. The quantitative estimate of drug-likeness (QED) is 0.815. The van der Waals surface area contributed by atoms with E-state index in [0.29, 0.717) is 17.1 Å². The minimum Gasteiger partial charge on any atom is -0.454 e. The lowest BCUT2D eigenvalue weighted by atomic mass is 9.56. The van der Waals surface area contributed by atoms with Crippen molar-refractivity contribution < 1.29 is 28.8 Å². The Morgan fingerprint density at radius 1 is 1.15 bits per heavy atom. The van der Waals surface area contributed by atoms with Crippen LogP contribution in [-0.2, 0) is 9.47 Å². The Morgan fingerprint density at radius 2 is 1.81 bits per heavy atom. The average molecular weight is 374 g/mol. The molecule has 0 spiro atoms. The van der Waals surface area contributed by atoms with Crippen LogP contribution in [0.15, 0.2) is 12.1 Å². The molecule has 146 valence electrons. The number of rotatable bonds is 1. The number of aliphatic hydroxyl groups is 1. The van der Waals surface area contributed by atoms with Crippen LogP contribution in [0.4, 0.5) is 0 Å². The van der Waals surface area contributed by atoms with Crippen LogP contribution in [0.2, 0.25) is 0 Å². The zero-order valence-electron chi connectivity index (χ0n) is 16.1. The van der Waals surface area contributed by atoms with E-state index in [-0.39, 0.29) is 48.5 Å². The molecule has 1 N–H and O–H groups in total. The molecule has 2 heterocycles. The highest BCUT2D eigenvalue weighted by atomic mass is 16.8. The zero-order valence-corrected chi connectivity index (χ0v) is 16.1. The van der Waals surface area contributed by atoms with Crippen LogP contribution in [0.5, 0.6) is 11.5 Å². The molecule has 2 aliphatic carbocycles. The monoisotopic (exact) mass is 374 g/mol. The Hall–Kier alpha value is -1.63. The summed E-state index contributed by atoms with van der Waals surface area (Å²) in [7, 11) is 0. The first-order valence-electron chi connectivity index (χ1n) is 9.84. The SMILES string of the molecule is CCC1C2OC(C)(C)OC2C(C)C2C(O)C(=O)c3cc4c(cc3C12)OCO4. The Balaban J connectivity index is 1.67. The minimum atomic E-state index is -1.04. The second kappa shape index (κ2) is 5.69. The number of ketones is 1. The van der Waals surface area contributed by atoms with Gasteiger partial charge in [0, 0.05) is 11.5 Å². The van der Waals surface area contributed by atoms with E-state index in [1.165, 1.54) is 0 Å². The van der Waals surface area contributed by atoms with Gasteiger partial charge in [-0.25, -0.2) is 0 Å². The number of ether oxygens (including phenoxy) is 4. The van der Waals surface area contributed by atoms with Crippen molar-refractivity contribution in [2.24, 2.45) is 17.8 Å². The fraction of sp³-hybridized carbons (Fsp3) is 0.667. The highest BCUT2D eigenvalue weighted by Crippen LogP contribution is 2.57. The second-order valence-corrected chi connectivity index (χ2v) is 8.70. The third-order valence-electron chi connectivity index (χ3n) is 6.86. The summed E-state index contributed by atoms with van der Waals surface area (Å²) < 4.78 is 23.5. The van der Waals surface area contributed by atoms with Gasteiger partial charge in [-0.1, -0.05) is 20.3 Å². The molecule has 1 aromatic rings. The Bertz CT molecular complexity index is 802. The van der Waals surface area contributed by atoms with Crippen LogP contribution < -0.4 is 9.47 Å². The minimum absolute atomic E-state index is 0.00194. The highest BCUT2D eigenvalue weighted by molar-refractivity contribution is 6.03. The molecule has 6 heteroatoms. The van der Waals surface area contributed by atoms with Gasteiger partial charge in [0.2, 0.25) is 6.79 Å². The number of carbonyl (C=O) groups excluding carboxylic acids is 1. The van der Waals surface area contributed by atoms with Crippen LogP contribution >= 0.6 is 0 Å². The molecule has 0 aromatic heterocycles. The predicted molar refractivity (Wildman–Crippen MR) is 95.9 cm³/mol. The summed E-state index contributed by atoms with van der Waals surface area (Å²) in [4.78, 5) is 13.0. The molecule has 2 aliphatic heterocycles. The van der Waals surface area contributed by atoms with E-state index >= 15 is 0 Å². The summed E-state index contributed by atoms with van der Waals surface area (Å²) in [5.74, 6) is 0.325. The Kier molecular flexibility index (Phi) is 3.68. The van der Waals surface area contributed by atoms with Crippen molar-refractivity contribution in [3.05, 3.63) is 23.3 Å². The number of Topliss-reactive ketones (excluding diaryl/α,β-unsaturated/α-hetero) is 1. The topological polar surface area (TPSA) is 74.2 Å². The van der Waals surface area contributed by atoms with Gasteiger partial charge in [0.15, 0.2) is 23.1 Å². The van der Waals surface area contributed by atoms with Crippen LogP contribution in [-0.4, -0.2) is 41.8 Å². The maximum Gasteiger partial charge on any atom is 0.231 e. The first kappa shape index (κ1) is 17.5. The van der Waals surface area contributed by atoms with Crippen LogP contribution in [0.3, 0.4) is 0 Å². The summed E-state index contributed by atoms with van der Waals surface area (Å²) in [5.41, 5.74) is 1.50. The number of carbonyl (C=O) groups is 1. The first-order valence-corrected chi connectivity index (χ1v) is 9.84. The van der Waals surface area contributed by atoms with Crippen LogP contribution in [0.1, 0.15) is 56.0 Å². The van der Waals surface area contributed by atoms with E-state index in [4.69, 9.17) is 18.9 Å². The molecule has 7 unspecified atom stereocenters. The van der Waals surface area contributed by atoms with Gasteiger partial charge < -0.3 is 24.1 Å². The summed E-state index contributed by atoms with van der Waals surface area (Å²) in [6.45, 7) is 8.23. The number of hydrogen-bond donors (Lipinski definition) is 1. The molecule has 4 aliphatic rings. The molecule has 6 nitrogen and oxygen atoms in total. The van der Waals surface area contributed by atoms with Gasteiger partial charge in [0.25, 0.3) is 0 Å². The lowest BCUT2D eigenvalue weighted by Gasteiger charge is -2.51. The van der Waals surface area contributed by atoms with Crippen LogP contribution in [0, 0.1) is 17.8 Å². The molecule has 5 rings (SSSR count). The molecule has 0 radical (unpaired) electrons. The molecular weight excluding hydrogens is 348 g/mol. The molecule has 1 saturated heterocycles. The Morgan fingerprint density at radius 3 is 2.52 bits per heavy atom. The van der Waals surface area contributed by atoms with Crippen molar-refractivity contribution in [3.63, 3.8) is 0 Å².